The highest BCUT2D eigenvalue weighted by atomic mass is 16.5. The molecule has 1 aliphatic heterocycles. The first-order valence-corrected chi connectivity index (χ1v) is 7.99. The third-order valence-electron chi connectivity index (χ3n) is 3.90. The number of benzene rings is 1. The van der Waals surface area contributed by atoms with Gasteiger partial charge in [0.05, 0.1) is 25.9 Å². The van der Waals surface area contributed by atoms with Crippen molar-refractivity contribution >= 4 is 5.69 Å². The molecule has 1 unspecified atom stereocenters. The Bertz CT molecular complexity index is 428. The van der Waals surface area contributed by atoms with Gasteiger partial charge in [0, 0.05) is 38.4 Å². The lowest BCUT2D eigenvalue weighted by Crippen LogP contribution is -2.49. The van der Waals surface area contributed by atoms with E-state index in [2.05, 4.69) is 21.9 Å². The van der Waals surface area contributed by atoms with Crippen molar-refractivity contribution in [3.63, 3.8) is 0 Å². The lowest BCUT2D eigenvalue weighted by molar-refractivity contribution is -0.00899. The van der Waals surface area contributed by atoms with Crippen molar-refractivity contribution in [2.24, 2.45) is 0 Å². The van der Waals surface area contributed by atoms with Crippen molar-refractivity contribution in [3.05, 3.63) is 24.3 Å². The van der Waals surface area contributed by atoms with Crippen molar-refractivity contribution < 1.29 is 14.6 Å². The van der Waals surface area contributed by atoms with Gasteiger partial charge in [0.2, 0.25) is 0 Å². The molecule has 0 aliphatic carbocycles. The Balaban J connectivity index is 1.75. The van der Waals surface area contributed by atoms with E-state index in [-0.39, 0.29) is 6.10 Å². The highest BCUT2D eigenvalue weighted by Gasteiger charge is 2.19. The highest BCUT2D eigenvalue weighted by molar-refractivity contribution is 5.49. The molecule has 1 saturated heterocycles. The average Bonchev–Trinajstić information content (AvgIpc) is 2.54. The van der Waals surface area contributed by atoms with Crippen molar-refractivity contribution in [2.45, 2.75) is 26.1 Å². The summed E-state index contributed by atoms with van der Waals surface area (Å²) < 4.78 is 10.6. The van der Waals surface area contributed by atoms with Crippen molar-refractivity contribution in [1.29, 1.82) is 0 Å². The van der Waals surface area contributed by atoms with Crippen LogP contribution in [-0.4, -0.2) is 68.7 Å². The minimum atomic E-state index is -0.407. The molecule has 22 heavy (non-hydrogen) atoms. The largest absolute Gasteiger partial charge is 0.497 e. The van der Waals surface area contributed by atoms with Crippen LogP contribution in [0.25, 0.3) is 0 Å². The first kappa shape index (κ1) is 17.1. The Morgan fingerprint density at radius 2 is 1.73 bits per heavy atom. The number of aliphatic hydroxyl groups is 1. The van der Waals surface area contributed by atoms with E-state index in [9.17, 15) is 5.11 Å². The molecule has 0 spiro atoms. The van der Waals surface area contributed by atoms with Gasteiger partial charge in [-0.25, -0.2) is 0 Å². The summed E-state index contributed by atoms with van der Waals surface area (Å²) >= 11 is 0. The fraction of sp³-hybridized carbons (Fsp3) is 0.647. The molecule has 1 N–H and O–H groups in total. The molecule has 1 aromatic rings. The van der Waals surface area contributed by atoms with Gasteiger partial charge in [-0.05, 0) is 38.1 Å². The maximum absolute atomic E-state index is 10.00. The zero-order valence-corrected chi connectivity index (χ0v) is 13.9. The Morgan fingerprint density at radius 1 is 1.09 bits per heavy atom. The van der Waals surface area contributed by atoms with Gasteiger partial charge >= 0.3 is 0 Å². The van der Waals surface area contributed by atoms with Gasteiger partial charge in [-0.3, -0.25) is 4.90 Å². The third-order valence-corrected chi connectivity index (χ3v) is 3.90. The monoisotopic (exact) mass is 308 g/mol. The summed E-state index contributed by atoms with van der Waals surface area (Å²) in [5.74, 6) is 0.885. The Hall–Kier alpha value is -1.30. The van der Waals surface area contributed by atoms with E-state index in [1.807, 2.05) is 26.0 Å². The molecule has 1 aromatic carbocycles. The van der Waals surface area contributed by atoms with Gasteiger partial charge in [-0.15, -0.1) is 0 Å². The summed E-state index contributed by atoms with van der Waals surface area (Å²) in [6.45, 7) is 8.95. The summed E-state index contributed by atoms with van der Waals surface area (Å²) in [6.07, 6.45) is -0.239. The summed E-state index contributed by atoms with van der Waals surface area (Å²) in [5.41, 5.74) is 1.23. The second-order valence-electron chi connectivity index (χ2n) is 6.02. The predicted octanol–water partition coefficient (Wildman–Crippen LogP) is 1.60. The van der Waals surface area contributed by atoms with Crippen LogP contribution in [0.4, 0.5) is 5.69 Å². The van der Waals surface area contributed by atoms with Gasteiger partial charge in [-0.2, -0.15) is 0 Å². The van der Waals surface area contributed by atoms with Gasteiger partial charge < -0.3 is 19.5 Å². The van der Waals surface area contributed by atoms with Crippen LogP contribution >= 0.6 is 0 Å². The van der Waals surface area contributed by atoms with Crippen molar-refractivity contribution in [1.82, 2.24) is 4.90 Å². The highest BCUT2D eigenvalue weighted by Crippen LogP contribution is 2.20. The lowest BCUT2D eigenvalue weighted by Gasteiger charge is -2.37. The quantitative estimate of drug-likeness (QED) is 0.829. The molecule has 5 nitrogen and oxygen atoms in total. The average molecular weight is 308 g/mol. The van der Waals surface area contributed by atoms with E-state index in [4.69, 9.17) is 9.47 Å². The molecule has 1 atom stereocenters. The molecule has 1 fully saturated rings. The third kappa shape index (κ3) is 5.16. The van der Waals surface area contributed by atoms with Crippen LogP contribution < -0.4 is 9.64 Å². The number of aliphatic hydroxyl groups excluding tert-OH is 1. The Morgan fingerprint density at radius 3 is 2.27 bits per heavy atom. The van der Waals surface area contributed by atoms with Crippen LogP contribution in [0.3, 0.4) is 0 Å². The first-order chi connectivity index (χ1) is 10.6. The molecule has 1 aliphatic rings. The van der Waals surface area contributed by atoms with Crippen LogP contribution in [-0.2, 0) is 4.74 Å². The van der Waals surface area contributed by atoms with Gasteiger partial charge in [0.15, 0.2) is 0 Å². The number of rotatable bonds is 7. The zero-order chi connectivity index (χ0) is 15.9. The molecule has 0 aromatic heterocycles. The number of piperazine rings is 1. The topological polar surface area (TPSA) is 45.2 Å². The number of anilines is 1. The summed E-state index contributed by atoms with van der Waals surface area (Å²) in [4.78, 5) is 4.67. The van der Waals surface area contributed by atoms with Crippen LogP contribution in [0, 0.1) is 0 Å². The fourth-order valence-corrected chi connectivity index (χ4v) is 2.64. The molecule has 0 saturated carbocycles. The molecular formula is C17H28N2O3. The summed E-state index contributed by atoms with van der Waals surface area (Å²) in [7, 11) is 1.68. The smallest absolute Gasteiger partial charge is 0.119 e. The second kappa shape index (κ2) is 8.36. The van der Waals surface area contributed by atoms with E-state index in [1.54, 1.807) is 7.11 Å². The summed E-state index contributed by atoms with van der Waals surface area (Å²) in [5, 5.41) is 10.00. The number of hydrogen-bond donors (Lipinski definition) is 1. The number of methoxy groups -OCH3 is 1. The van der Waals surface area contributed by atoms with E-state index < -0.39 is 6.10 Å². The van der Waals surface area contributed by atoms with E-state index in [1.165, 1.54) is 5.69 Å². The standard InChI is InChI=1S/C17H28N2O3/c1-14(2)22-13-16(20)12-18-8-10-19(11-9-18)15-4-6-17(21-3)7-5-15/h4-7,14,16,20H,8-13H2,1-3H3. The lowest BCUT2D eigenvalue weighted by atomic mass is 10.2. The number of nitrogens with zero attached hydrogens (tertiary/aromatic N) is 2. The summed E-state index contributed by atoms with van der Waals surface area (Å²) in [6, 6.07) is 8.18. The molecule has 2 rings (SSSR count). The Kier molecular flexibility index (Phi) is 6.49. The molecule has 1 heterocycles. The number of hydrogen-bond acceptors (Lipinski definition) is 5. The van der Waals surface area contributed by atoms with Crippen LogP contribution in [0.5, 0.6) is 5.75 Å². The maximum Gasteiger partial charge on any atom is 0.119 e. The Labute approximate surface area is 133 Å². The maximum atomic E-state index is 10.00. The van der Waals surface area contributed by atoms with Crippen LogP contribution in [0.2, 0.25) is 0 Å². The zero-order valence-electron chi connectivity index (χ0n) is 13.9. The molecular weight excluding hydrogens is 280 g/mol. The molecule has 0 amide bonds. The first-order valence-electron chi connectivity index (χ1n) is 7.99. The number of ether oxygens (including phenoxy) is 2. The second-order valence-corrected chi connectivity index (χ2v) is 6.02. The normalized spacial score (nSPS) is 17.8. The minimum absolute atomic E-state index is 0.168. The molecule has 0 bridgehead atoms. The van der Waals surface area contributed by atoms with Crippen LogP contribution in [0.1, 0.15) is 13.8 Å². The van der Waals surface area contributed by atoms with Crippen molar-refractivity contribution in [2.75, 3.05) is 51.3 Å². The van der Waals surface area contributed by atoms with Crippen molar-refractivity contribution in [3.8, 4) is 5.75 Å². The SMILES string of the molecule is COc1ccc(N2CCN(CC(O)COC(C)C)CC2)cc1. The predicted molar refractivity (Wildman–Crippen MR) is 88.7 cm³/mol. The van der Waals surface area contributed by atoms with Gasteiger partial charge in [0.25, 0.3) is 0 Å². The molecule has 5 heteroatoms. The molecule has 124 valence electrons. The van der Waals surface area contributed by atoms with Gasteiger partial charge in [-0.1, -0.05) is 0 Å². The van der Waals surface area contributed by atoms with E-state index >= 15 is 0 Å². The number of β-amino-alcohol motifs (C(OH)–C–C–N with tert-alkyl or cyclic N) is 1. The van der Waals surface area contributed by atoms with Gasteiger partial charge in [0.1, 0.15) is 5.75 Å². The molecule has 0 radical (unpaired) electrons. The minimum Gasteiger partial charge on any atom is -0.497 e. The van der Waals surface area contributed by atoms with E-state index in [0.29, 0.717) is 13.2 Å². The van der Waals surface area contributed by atoms with Crippen LogP contribution in [0.15, 0.2) is 24.3 Å². The fourth-order valence-electron chi connectivity index (χ4n) is 2.64. The van der Waals surface area contributed by atoms with E-state index in [0.717, 1.165) is 31.9 Å².